The number of hydrogen-bond acceptors (Lipinski definition) is 3. The molecule has 0 fully saturated rings. The van der Waals surface area contributed by atoms with Gasteiger partial charge in [0.25, 0.3) is 0 Å². The van der Waals surface area contributed by atoms with Crippen molar-refractivity contribution in [3.63, 3.8) is 0 Å². The molecule has 0 aromatic heterocycles. The third-order valence-corrected chi connectivity index (χ3v) is 3.56. The number of nitrogens with two attached hydrogens (primary N) is 1. The zero-order valence-electron chi connectivity index (χ0n) is 12.5. The summed E-state index contributed by atoms with van der Waals surface area (Å²) in [6.45, 7) is 3.91. The molecule has 2 aromatic carbocycles. The molecule has 2 unspecified atom stereocenters. The highest BCUT2D eigenvalue weighted by Gasteiger charge is 2.19. The van der Waals surface area contributed by atoms with E-state index in [1.54, 1.807) is 7.11 Å². The van der Waals surface area contributed by atoms with Crippen LogP contribution in [0.25, 0.3) is 0 Å². The highest BCUT2D eigenvalue weighted by atomic mass is 35.5. The SMILES string of the molecule is COc1ccc(C(Oc2cc(Cl)ccc2C)C(C)N)cc1. The molecular weight excluding hydrogens is 286 g/mol. The van der Waals surface area contributed by atoms with Gasteiger partial charge in [-0.25, -0.2) is 0 Å². The van der Waals surface area contributed by atoms with Crippen molar-refractivity contribution in [2.24, 2.45) is 5.73 Å². The lowest BCUT2D eigenvalue weighted by Gasteiger charge is -2.24. The van der Waals surface area contributed by atoms with E-state index in [2.05, 4.69) is 0 Å². The molecule has 0 spiro atoms. The van der Waals surface area contributed by atoms with Gasteiger partial charge in [0.1, 0.15) is 17.6 Å². The lowest BCUT2D eigenvalue weighted by Crippen LogP contribution is -2.29. The molecule has 0 saturated heterocycles. The van der Waals surface area contributed by atoms with Crippen LogP contribution in [0.1, 0.15) is 24.2 Å². The van der Waals surface area contributed by atoms with Crippen LogP contribution in [0.4, 0.5) is 0 Å². The minimum atomic E-state index is -0.243. The summed E-state index contributed by atoms with van der Waals surface area (Å²) in [5.74, 6) is 1.56. The summed E-state index contributed by atoms with van der Waals surface area (Å²) in [5.41, 5.74) is 8.12. The Morgan fingerprint density at radius 1 is 1.10 bits per heavy atom. The highest BCUT2D eigenvalue weighted by molar-refractivity contribution is 6.30. The third-order valence-electron chi connectivity index (χ3n) is 3.33. The lowest BCUT2D eigenvalue weighted by atomic mass is 10.0. The molecule has 21 heavy (non-hydrogen) atoms. The second kappa shape index (κ2) is 6.83. The van der Waals surface area contributed by atoms with Crippen LogP contribution in [0, 0.1) is 6.92 Å². The van der Waals surface area contributed by atoms with Gasteiger partial charge in [0, 0.05) is 11.1 Å². The predicted molar refractivity (Wildman–Crippen MR) is 86.2 cm³/mol. The number of halogens is 1. The fourth-order valence-corrected chi connectivity index (χ4v) is 2.27. The van der Waals surface area contributed by atoms with E-state index < -0.39 is 0 Å². The van der Waals surface area contributed by atoms with Crippen LogP contribution < -0.4 is 15.2 Å². The van der Waals surface area contributed by atoms with Gasteiger partial charge in [-0.1, -0.05) is 29.8 Å². The van der Waals surface area contributed by atoms with Gasteiger partial charge in [-0.15, -0.1) is 0 Å². The Kier molecular flexibility index (Phi) is 5.10. The monoisotopic (exact) mass is 305 g/mol. The molecule has 0 heterocycles. The van der Waals surface area contributed by atoms with Gasteiger partial charge < -0.3 is 15.2 Å². The van der Waals surface area contributed by atoms with Crippen molar-refractivity contribution in [1.82, 2.24) is 0 Å². The Morgan fingerprint density at radius 3 is 2.33 bits per heavy atom. The first kappa shape index (κ1) is 15.7. The number of rotatable bonds is 5. The summed E-state index contributed by atoms with van der Waals surface area (Å²) in [6, 6.07) is 13.2. The Labute approximate surface area is 130 Å². The molecule has 0 bridgehead atoms. The van der Waals surface area contributed by atoms with Crippen molar-refractivity contribution in [3.05, 3.63) is 58.6 Å². The Balaban J connectivity index is 2.28. The topological polar surface area (TPSA) is 44.5 Å². The second-order valence-electron chi connectivity index (χ2n) is 5.08. The molecule has 2 rings (SSSR count). The van der Waals surface area contributed by atoms with Crippen LogP contribution in [0.3, 0.4) is 0 Å². The summed E-state index contributed by atoms with van der Waals surface area (Å²) in [6.07, 6.45) is -0.243. The summed E-state index contributed by atoms with van der Waals surface area (Å²) in [4.78, 5) is 0. The molecule has 0 amide bonds. The van der Waals surface area contributed by atoms with Crippen molar-refractivity contribution in [3.8, 4) is 11.5 Å². The van der Waals surface area contributed by atoms with Crippen LogP contribution in [-0.4, -0.2) is 13.2 Å². The predicted octanol–water partition coefficient (Wildman–Crippen LogP) is 4.12. The smallest absolute Gasteiger partial charge is 0.138 e. The minimum absolute atomic E-state index is 0.156. The number of benzene rings is 2. The Hall–Kier alpha value is -1.71. The molecule has 0 aliphatic heterocycles. The fourth-order valence-electron chi connectivity index (χ4n) is 2.11. The van der Waals surface area contributed by atoms with Crippen molar-refractivity contribution in [1.29, 1.82) is 0 Å². The van der Waals surface area contributed by atoms with E-state index in [0.29, 0.717) is 5.02 Å². The van der Waals surface area contributed by atoms with Crippen molar-refractivity contribution < 1.29 is 9.47 Å². The first-order valence-electron chi connectivity index (χ1n) is 6.83. The molecule has 0 saturated carbocycles. The van der Waals surface area contributed by atoms with Crippen LogP contribution in [0.2, 0.25) is 5.02 Å². The summed E-state index contributed by atoms with van der Waals surface area (Å²) in [7, 11) is 1.64. The third kappa shape index (κ3) is 3.90. The van der Waals surface area contributed by atoms with E-state index >= 15 is 0 Å². The van der Waals surface area contributed by atoms with Crippen LogP contribution in [0.15, 0.2) is 42.5 Å². The summed E-state index contributed by atoms with van der Waals surface area (Å²) >= 11 is 6.04. The van der Waals surface area contributed by atoms with E-state index in [9.17, 15) is 0 Å². The summed E-state index contributed by atoms with van der Waals surface area (Å²) < 4.78 is 11.3. The maximum Gasteiger partial charge on any atom is 0.138 e. The Bertz CT molecular complexity index is 596. The van der Waals surface area contributed by atoms with Crippen LogP contribution >= 0.6 is 11.6 Å². The zero-order valence-corrected chi connectivity index (χ0v) is 13.2. The molecule has 112 valence electrons. The maximum absolute atomic E-state index is 6.10. The minimum Gasteiger partial charge on any atom is -0.497 e. The number of ether oxygens (including phenoxy) is 2. The molecule has 0 aliphatic rings. The van der Waals surface area contributed by atoms with E-state index in [1.165, 1.54) is 0 Å². The highest BCUT2D eigenvalue weighted by Crippen LogP contribution is 2.30. The van der Waals surface area contributed by atoms with Crippen molar-refractivity contribution in [2.75, 3.05) is 7.11 Å². The van der Waals surface area contributed by atoms with Gasteiger partial charge in [-0.2, -0.15) is 0 Å². The van der Waals surface area contributed by atoms with Gasteiger partial charge in [-0.05, 0) is 49.2 Å². The normalized spacial score (nSPS) is 13.6. The molecule has 0 aliphatic carbocycles. The standard InChI is InChI=1S/C17H20ClNO2/c1-11-4-7-14(18)10-16(11)21-17(12(2)19)13-5-8-15(20-3)9-6-13/h4-10,12,17H,19H2,1-3H3. The number of aryl methyl sites for hydroxylation is 1. The van der Waals surface area contributed by atoms with E-state index in [-0.39, 0.29) is 12.1 Å². The van der Waals surface area contributed by atoms with Gasteiger partial charge >= 0.3 is 0 Å². The lowest BCUT2D eigenvalue weighted by molar-refractivity contribution is 0.179. The van der Waals surface area contributed by atoms with Gasteiger partial charge in [0.15, 0.2) is 0 Å². The maximum atomic E-state index is 6.10. The zero-order chi connectivity index (χ0) is 15.4. The summed E-state index contributed by atoms with van der Waals surface area (Å²) in [5, 5.41) is 0.647. The molecule has 0 radical (unpaired) electrons. The molecule has 4 heteroatoms. The van der Waals surface area contributed by atoms with Crippen molar-refractivity contribution >= 4 is 11.6 Å². The molecule has 2 N–H and O–H groups in total. The first-order valence-corrected chi connectivity index (χ1v) is 7.21. The molecular formula is C17H20ClNO2. The van der Waals surface area contributed by atoms with E-state index in [4.69, 9.17) is 26.8 Å². The average Bonchev–Trinajstić information content (AvgIpc) is 2.48. The fraction of sp³-hybridized carbons (Fsp3) is 0.294. The Morgan fingerprint density at radius 2 is 1.76 bits per heavy atom. The van der Waals surface area contributed by atoms with Gasteiger partial charge in [0.05, 0.1) is 7.11 Å². The quantitative estimate of drug-likeness (QED) is 0.903. The second-order valence-corrected chi connectivity index (χ2v) is 5.52. The van der Waals surface area contributed by atoms with Crippen molar-refractivity contribution in [2.45, 2.75) is 26.0 Å². The molecule has 3 nitrogen and oxygen atoms in total. The van der Waals surface area contributed by atoms with E-state index in [0.717, 1.165) is 22.6 Å². The number of hydrogen-bond donors (Lipinski definition) is 1. The molecule has 2 atom stereocenters. The first-order chi connectivity index (χ1) is 10.0. The van der Waals surface area contributed by atoms with E-state index in [1.807, 2.05) is 56.3 Å². The number of methoxy groups -OCH3 is 1. The largest absolute Gasteiger partial charge is 0.497 e. The van der Waals surface area contributed by atoms with Gasteiger partial charge in [-0.3, -0.25) is 0 Å². The molecule has 2 aromatic rings. The van der Waals surface area contributed by atoms with Gasteiger partial charge in [0.2, 0.25) is 0 Å². The van der Waals surface area contributed by atoms with Crippen LogP contribution in [-0.2, 0) is 0 Å². The average molecular weight is 306 g/mol. The van der Waals surface area contributed by atoms with Crippen LogP contribution in [0.5, 0.6) is 11.5 Å².